The molecule has 1 amide bonds. The molecule has 0 fully saturated rings. The Labute approximate surface area is 159 Å². The zero-order chi connectivity index (χ0) is 19.9. The third-order valence-electron chi connectivity index (χ3n) is 4.92. The van der Waals surface area contributed by atoms with Crippen LogP contribution in [0.2, 0.25) is 0 Å². The summed E-state index contributed by atoms with van der Waals surface area (Å²) < 4.78 is 0. The van der Waals surface area contributed by atoms with Crippen LogP contribution in [0, 0.1) is 19.3 Å². The van der Waals surface area contributed by atoms with Gasteiger partial charge in [0.15, 0.2) is 11.5 Å². The summed E-state index contributed by atoms with van der Waals surface area (Å²) in [5.41, 5.74) is 2.92. The van der Waals surface area contributed by atoms with E-state index in [1.54, 1.807) is 45.3 Å². The van der Waals surface area contributed by atoms with Crippen molar-refractivity contribution in [1.29, 1.82) is 0 Å². The fourth-order valence-electron chi connectivity index (χ4n) is 3.24. The molecule has 2 heterocycles. The Morgan fingerprint density at radius 2 is 1.70 bits per heavy atom. The van der Waals surface area contributed by atoms with Crippen molar-refractivity contribution in [2.24, 2.45) is 5.41 Å². The van der Waals surface area contributed by atoms with Gasteiger partial charge in [0.05, 0.1) is 11.6 Å². The van der Waals surface area contributed by atoms with Crippen molar-refractivity contribution in [2.45, 2.75) is 40.7 Å². The predicted molar refractivity (Wildman–Crippen MR) is 104 cm³/mol. The summed E-state index contributed by atoms with van der Waals surface area (Å²) in [7, 11) is 0. The van der Waals surface area contributed by atoms with Crippen LogP contribution in [0.15, 0.2) is 54.1 Å². The highest BCUT2D eigenvalue weighted by molar-refractivity contribution is 6.17. The smallest absolute Gasteiger partial charge is 0.294 e. The van der Waals surface area contributed by atoms with Crippen LogP contribution in [-0.2, 0) is 9.59 Å². The number of hydrogen-bond donors (Lipinski definition) is 1. The van der Waals surface area contributed by atoms with Crippen LogP contribution < -0.4 is 4.90 Å². The van der Waals surface area contributed by atoms with Gasteiger partial charge in [0.2, 0.25) is 0 Å². The highest BCUT2D eigenvalue weighted by atomic mass is 16.3. The monoisotopic (exact) mass is 364 g/mol. The van der Waals surface area contributed by atoms with Crippen molar-refractivity contribution >= 4 is 17.4 Å². The Bertz CT molecular complexity index is 940. The van der Waals surface area contributed by atoms with E-state index >= 15 is 0 Å². The average molecular weight is 364 g/mol. The largest absolute Gasteiger partial charge is 0.503 e. The van der Waals surface area contributed by atoms with E-state index in [-0.39, 0.29) is 11.4 Å². The number of aliphatic hydroxyl groups is 1. The maximum Gasteiger partial charge on any atom is 0.294 e. The maximum atomic E-state index is 13.1. The summed E-state index contributed by atoms with van der Waals surface area (Å²) in [6.45, 7) is 9.30. The second-order valence-corrected chi connectivity index (χ2v) is 7.97. The van der Waals surface area contributed by atoms with E-state index in [9.17, 15) is 14.7 Å². The minimum absolute atomic E-state index is 0.136. The van der Waals surface area contributed by atoms with Crippen LogP contribution in [0.4, 0.5) is 5.69 Å². The Balaban J connectivity index is 2.21. The number of amides is 1. The lowest BCUT2D eigenvalue weighted by molar-refractivity contribution is -0.123. The van der Waals surface area contributed by atoms with E-state index in [1.807, 2.05) is 32.0 Å². The van der Waals surface area contributed by atoms with Gasteiger partial charge in [-0.25, -0.2) is 0 Å². The molecular formula is C22H24N2O3. The second kappa shape index (κ2) is 6.65. The maximum absolute atomic E-state index is 13.1. The number of hydrogen-bond acceptors (Lipinski definition) is 4. The lowest BCUT2D eigenvalue weighted by atomic mass is 9.82. The number of Topliss-reactive ketones (excluding diaryl/α,β-unsaturated/α-hetero) is 1. The number of benzene rings is 1. The molecule has 5 heteroatoms. The molecule has 1 aliphatic rings. The number of nitrogens with zero attached hydrogens (tertiary/aromatic N) is 2. The van der Waals surface area contributed by atoms with Crippen LogP contribution in [0.3, 0.4) is 0 Å². The Morgan fingerprint density at radius 1 is 1.07 bits per heavy atom. The number of carbonyl (C=O) groups excluding carboxylic acids is 2. The molecule has 0 saturated carbocycles. The van der Waals surface area contributed by atoms with Gasteiger partial charge in [-0.2, -0.15) is 0 Å². The lowest BCUT2D eigenvalue weighted by Crippen LogP contribution is -2.32. The number of anilines is 1. The molecule has 1 unspecified atom stereocenters. The summed E-state index contributed by atoms with van der Waals surface area (Å²) in [4.78, 5) is 31.6. The van der Waals surface area contributed by atoms with Crippen LogP contribution in [0.5, 0.6) is 0 Å². The highest BCUT2D eigenvalue weighted by Crippen LogP contribution is 2.43. The van der Waals surface area contributed by atoms with Crippen LogP contribution in [0.25, 0.3) is 0 Å². The molecule has 1 N–H and O–H groups in total. The Hall–Kier alpha value is -2.95. The molecule has 1 aromatic carbocycles. The van der Waals surface area contributed by atoms with Gasteiger partial charge in [0.25, 0.3) is 5.91 Å². The standard InChI is InChI=1S/C22H24N2O3/c1-13-6-7-16(12-14(13)2)24-18(15-8-10-23-11-9-15)17(19(25)21(24)27)20(26)22(3,4)5/h6-12,18,25H,1-5H3. The first-order chi connectivity index (χ1) is 12.6. The number of aliphatic hydroxyl groups excluding tert-OH is 1. The SMILES string of the molecule is Cc1ccc(N2C(=O)C(O)=C(C(=O)C(C)(C)C)C2c2ccncc2)cc1C. The van der Waals surface area contributed by atoms with Gasteiger partial charge in [-0.1, -0.05) is 26.8 Å². The van der Waals surface area contributed by atoms with Gasteiger partial charge < -0.3 is 5.11 Å². The van der Waals surface area contributed by atoms with Crippen LogP contribution in [-0.4, -0.2) is 21.8 Å². The lowest BCUT2D eigenvalue weighted by Gasteiger charge is -2.29. The van der Waals surface area contributed by atoms with Crippen LogP contribution in [0.1, 0.15) is 43.5 Å². The van der Waals surface area contributed by atoms with Crippen molar-refractivity contribution in [2.75, 3.05) is 4.90 Å². The third kappa shape index (κ3) is 3.25. The van der Waals surface area contributed by atoms with Crippen molar-refractivity contribution in [3.8, 4) is 0 Å². The fourth-order valence-corrected chi connectivity index (χ4v) is 3.24. The molecule has 1 aliphatic heterocycles. The van der Waals surface area contributed by atoms with Gasteiger partial charge in [-0.3, -0.25) is 19.5 Å². The number of carbonyl (C=O) groups is 2. The molecule has 0 spiro atoms. The van der Waals surface area contributed by atoms with E-state index in [2.05, 4.69) is 4.98 Å². The molecule has 0 saturated heterocycles. The Kier molecular flexibility index (Phi) is 4.64. The average Bonchev–Trinajstić information content (AvgIpc) is 2.88. The number of ketones is 1. The highest BCUT2D eigenvalue weighted by Gasteiger charge is 2.46. The van der Waals surface area contributed by atoms with Crippen molar-refractivity contribution < 1.29 is 14.7 Å². The zero-order valence-corrected chi connectivity index (χ0v) is 16.3. The second-order valence-electron chi connectivity index (χ2n) is 7.97. The van der Waals surface area contributed by atoms with E-state index < -0.39 is 23.1 Å². The quantitative estimate of drug-likeness (QED) is 0.885. The minimum atomic E-state index is -0.728. The molecule has 0 radical (unpaired) electrons. The van der Waals surface area contributed by atoms with E-state index in [0.717, 1.165) is 16.7 Å². The van der Waals surface area contributed by atoms with E-state index in [4.69, 9.17) is 0 Å². The number of aromatic nitrogens is 1. The van der Waals surface area contributed by atoms with Gasteiger partial charge in [0.1, 0.15) is 0 Å². The molecule has 5 nitrogen and oxygen atoms in total. The van der Waals surface area contributed by atoms with Gasteiger partial charge in [-0.15, -0.1) is 0 Å². The zero-order valence-electron chi connectivity index (χ0n) is 16.3. The molecule has 1 aromatic heterocycles. The van der Waals surface area contributed by atoms with E-state index in [0.29, 0.717) is 5.69 Å². The first kappa shape index (κ1) is 18.8. The van der Waals surface area contributed by atoms with Crippen molar-refractivity contribution in [3.63, 3.8) is 0 Å². The Morgan fingerprint density at radius 3 is 2.26 bits per heavy atom. The molecule has 1 atom stereocenters. The van der Waals surface area contributed by atoms with Crippen LogP contribution >= 0.6 is 0 Å². The molecule has 3 rings (SSSR count). The summed E-state index contributed by atoms with van der Waals surface area (Å²) in [6, 6.07) is 8.52. The van der Waals surface area contributed by atoms with Crippen molar-refractivity contribution in [1.82, 2.24) is 4.98 Å². The number of rotatable bonds is 3. The summed E-state index contributed by atoms with van der Waals surface area (Å²) >= 11 is 0. The van der Waals surface area contributed by atoms with E-state index in [1.165, 1.54) is 4.90 Å². The fraction of sp³-hybridized carbons (Fsp3) is 0.318. The molecule has 0 bridgehead atoms. The third-order valence-corrected chi connectivity index (χ3v) is 4.92. The van der Waals surface area contributed by atoms with Gasteiger partial charge >= 0.3 is 0 Å². The van der Waals surface area contributed by atoms with Crippen molar-refractivity contribution in [3.05, 3.63) is 70.7 Å². The predicted octanol–water partition coefficient (Wildman–Crippen LogP) is 4.21. The summed E-state index contributed by atoms with van der Waals surface area (Å²) in [5.74, 6) is -1.29. The molecule has 0 aliphatic carbocycles. The topological polar surface area (TPSA) is 70.5 Å². The normalized spacial score (nSPS) is 17.6. The molecular weight excluding hydrogens is 340 g/mol. The molecule has 140 valence electrons. The first-order valence-corrected chi connectivity index (χ1v) is 8.91. The summed E-state index contributed by atoms with van der Waals surface area (Å²) in [5, 5.41) is 10.6. The van der Waals surface area contributed by atoms with Gasteiger partial charge in [0, 0.05) is 23.5 Å². The number of pyridine rings is 1. The first-order valence-electron chi connectivity index (χ1n) is 8.91. The molecule has 27 heavy (non-hydrogen) atoms. The molecule has 2 aromatic rings. The number of aryl methyl sites for hydroxylation is 2. The minimum Gasteiger partial charge on any atom is -0.503 e. The summed E-state index contributed by atoms with van der Waals surface area (Å²) in [6.07, 6.45) is 3.24. The van der Waals surface area contributed by atoms with Gasteiger partial charge in [-0.05, 0) is 54.8 Å².